The van der Waals surface area contributed by atoms with E-state index in [0.717, 1.165) is 36.9 Å². The largest absolute Gasteiger partial charge is 0.474 e. The first-order valence-electron chi connectivity index (χ1n) is 11.6. The van der Waals surface area contributed by atoms with Crippen molar-refractivity contribution in [3.05, 3.63) is 48.0 Å². The van der Waals surface area contributed by atoms with Crippen LogP contribution in [0, 0.1) is 0 Å². The lowest BCUT2D eigenvalue weighted by Crippen LogP contribution is -2.43. The van der Waals surface area contributed by atoms with E-state index >= 15 is 0 Å². The smallest absolute Gasteiger partial charge is 0.410 e. The zero-order chi connectivity index (χ0) is 24.3. The monoisotopic (exact) mass is 488 g/mol. The lowest BCUT2D eigenvalue weighted by atomic mass is 9.96. The van der Waals surface area contributed by atoms with Gasteiger partial charge in [-0.25, -0.2) is 18.2 Å². The third kappa shape index (κ3) is 5.55. The lowest BCUT2D eigenvalue weighted by molar-refractivity contribution is 0.00634. The third-order valence-corrected chi connectivity index (χ3v) is 7.63. The number of aliphatic imine (C=N–C) groups is 1. The van der Waals surface area contributed by atoms with Crippen molar-refractivity contribution >= 4 is 28.0 Å². The summed E-state index contributed by atoms with van der Waals surface area (Å²) in [5.41, 5.74) is 8.10. The van der Waals surface area contributed by atoms with Gasteiger partial charge in [0.1, 0.15) is 12.2 Å². The van der Waals surface area contributed by atoms with E-state index in [2.05, 4.69) is 11.6 Å². The average Bonchev–Trinajstić information content (AvgIpc) is 3.20. The normalized spacial score (nSPS) is 19.7. The fraction of sp³-hybridized carbons (Fsp3) is 0.500. The number of hydrogen-bond acceptors (Lipinski definition) is 7. The number of hydrogen-bond donors (Lipinski definition) is 1. The van der Waals surface area contributed by atoms with Gasteiger partial charge in [0.2, 0.25) is 5.88 Å². The molecule has 2 aliphatic heterocycles. The quantitative estimate of drug-likeness (QED) is 0.272. The van der Waals surface area contributed by atoms with Crippen LogP contribution in [0.25, 0.3) is 0 Å². The van der Waals surface area contributed by atoms with Gasteiger partial charge >= 0.3 is 6.09 Å². The maximum atomic E-state index is 12.3. The highest BCUT2D eigenvalue weighted by Gasteiger charge is 2.29. The number of amides is 1. The number of ether oxygens (including phenoxy) is 2. The van der Waals surface area contributed by atoms with Gasteiger partial charge in [-0.3, -0.25) is 0 Å². The summed E-state index contributed by atoms with van der Waals surface area (Å²) in [5, 5.41) is 0. The molecule has 1 aliphatic carbocycles. The first kappa shape index (κ1) is 24.1. The minimum absolute atomic E-state index is 0.0783. The number of nitrogens with two attached hydrogens (primary N) is 1. The SMILES string of the molecule is C=C(/C=C(\N=C/N)OC1CCN(C(=O)OC2CCC2)CC1)N1CCc2cc(S(C)(=O)=O)ccc21. The Bertz CT molecular complexity index is 1100. The van der Waals surface area contributed by atoms with Gasteiger partial charge in [-0.05, 0) is 49.4 Å². The first-order chi connectivity index (χ1) is 16.2. The van der Waals surface area contributed by atoms with E-state index < -0.39 is 9.84 Å². The number of likely N-dealkylation sites (tertiary alicyclic amines) is 1. The van der Waals surface area contributed by atoms with Crippen LogP contribution in [0.2, 0.25) is 0 Å². The molecule has 0 aromatic heterocycles. The van der Waals surface area contributed by atoms with Crippen LogP contribution in [0.1, 0.15) is 37.7 Å². The second kappa shape index (κ2) is 10.1. The van der Waals surface area contributed by atoms with Crippen molar-refractivity contribution < 1.29 is 22.7 Å². The maximum absolute atomic E-state index is 12.3. The zero-order valence-corrected chi connectivity index (χ0v) is 20.3. The number of sulfone groups is 1. The summed E-state index contributed by atoms with van der Waals surface area (Å²) in [5.74, 6) is 0.351. The average molecular weight is 489 g/mol. The van der Waals surface area contributed by atoms with E-state index in [4.69, 9.17) is 15.2 Å². The maximum Gasteiger partial charge on any atom is 0.410 e. The number of carbonyl (C=O) groups is 1. The standard InChI is InChI=1S/C24H32N4O5S/c1-17(28-13-8-18-15-21(34(2,30)31)6-7-22(18)28)14-23(26-16-25)32-20-9-11-27(12-10-20)24(29)33-19-4-3-5-19/h6-7,14-16,19-20H,1,3-5,8-13H2,2H3,(H2,25,26)/b23-14+. The zero-order valence-electron chi connectivity index (χ0n) is 19.5. The number of anilines is 1. The Kier molecular flexibility index (Phi) is 7.16. The Hall–Kier alpha value is -3.01. The minimum Gasteiger partial charge on any atom is -0.474 e. The second-order valence-electron chi connectivity index (χ2n) is 8.96. The number of nitrogens with zero attached hydrogens (tertiary/aromatic N) is 3. The number of allylic oxidation sites excluding steroid dienone is 1. The van der Waals surface area contributed by atoms with Gasteiger partial charge in [0, 0.05) is 56.2 Å². The molecule has 9 nitrogen and oxygen atoms in total. The molecule has 0 atom stereocenters. The van der Waals surface area contributed by atoms with Gasteiger partial charge in [0.05, 0.1) is 11.2 Å². The minimum atomic E-state index is -3.26. The van der Waals surface area contributed by atoms with Crippen LogP contribution in [0.15, 0.2) is 52.3 Å². The van der Waals surface area contributed by atoms with Crippen LogP contribution in [0.4, 0.5) is 10.5 Å². The number of benzene rings is 1. The molecular weight excluding hydrogens is 456 g/mol. The molecule has 1 aromatic carbocycles. The Balaban J connectivity index is 1.37. The van der Waals surface area contributed by atoms with Crippen LogP contribution in [-0.2, 0) is 25.7 Å². The van der Waals surface area contributed by atoms with Crippen molar-refractivity contribution in [2.75, 3.05) is 30.8 Å². The van der Waals surface area contributed by atoms with Gasteiger partial charge < -0.3 is 25.0 Å². The summed E-state index contributed by atoms with van der Waals surface area (Å²) in [4.78, 5) is 20.5. The van der Waals surface area contributed by atoms with Crippen molar-refractivity contribution in [3.8, 4) is 0 Å². The van der Waals surface area contributed by atoms with Crippen LogP contribution in [0.5, 0.6) is 0 Å². The summed E-state index contributed by atoms with van der Waals surface area (Å²) in [6.07, 6.45) is 8.97. The van der Waals surface area contributed by atoms with E-state index in [1.165, 1.54) is 12.6 Å². The van der Waals surface area contributed by atoms with Gasteiger partial charge in [-0.2, -0.15) is 0 Å². The summed E-state index contributed by atoms with van der Waals surface area (Å²) >= 11 is 0. The Morgan fingerprint density at radius 1 is 1.15 bits per heavy atom. The third-order valence-electron chi connectivity index (χ3n) is 6.52. The van der Waals surface area contributed by atoms with E-state index in [-0.39, 0.29) is 18.3 Å². The predicted octanol–water partition coefficient (Wildman–Crippen LogP) is 2.96. The van der Waals surface area contributed by atoms with Crippen molar-refractivity contribution in [1.29, 1.82) is 0 Å². The highest BCUT2D eigenvalue weighted by Crippen LogP contribution is 2.33. The van der Waals surface area contributed by atoms with Crippen LogP contribution in [0.3, 0.4) is 0 Å². The number of piperidine rings is 1. The van der Waals surface area contributed by atoms with E-state index in [9.17, 15) is 13.2 Å². The Labute approximate surface area is 200 Å². The number of fused-ring (bicyclic) bond motifs is 1. The Morgan fingerprint density at radius 3 is 2.47 bits per heavy atom. The molecule has 1 saturated carbocycles. The Morgan fingerprint density at radius 2 is 1.85 bits per heavy atom. The van der Waals surface area contributed by atoms with Gasteiger partial charge in [0.15, 0.2) is 9.84 Å². The molecule has 184 valence electrons. The fourth-order valence-electron chi connectivity index (χ4n) is 4.34. The van der Waals surface area contributed by atoms with Crippen molar-refractivity contribution in [2.24, 2.45) is 10.7 Å². The molecule has 2 heterocycles. The molecule has 1 amide bonds. The molecule has 10 heteroatoms. The molecule has 2 fully saturated rings. The van der Waals surface area contributed by atoms with Crippen LogP contribution >= 0.6 is 0 Å². The second-order valence-corrected chi connectivity index (χ2v) is 11.0. The first-order valence-corrected chi connectivity index (χ1v) is 13.5. The summed E-state index contributed by atoms with van der Waals surface area (Å²) in [7, 11) is -3.26. The predicted molar refractivity (Wildman–Crippen MR) is 130 cm³/mol. The highest BCUT2D eigenvalue weighted by molar-refractivity contribution is 7.90. The summed E-state index contributed by atoms with van der Waals surface area (Å²) in [6, 6.07) is 5.15. The lowest BCUT2D eigenvalue weighted by Gasteiger charge is -2.34. The van der Waals surface area contributed by atoms with Gasteiger partial charge in [0.25, 0.3) is 0 Å². The van der Waals surface area contributed by atoms with E-state index in [1.54, 1.807) is 23.1 Å². The molecule has 1 aromatic rings. The number of rotatable bonds is 7. The molecule has 3 aliphatic rings. The molecule has 0 radical (unpaired) electrons. The molecular formula is C24H32N4O5S. The van der Waals surface area contributed by atoms with Crippen molar-refractivity contribution in [3.63, 3.8) is 0 Å². The molecule has 0 bridgehead atoms. The van der Waals surface area contributed by atoms with E-state index in [1.807, 2.05) is 11.0 Å². The van der Waals surface area contributed by atoms with Crippen molar-refractivity contribution in [1.82, 2.24) is 4.90 Å². The fourth-order valence-corrected chi connectivity index (χ4v) is 5.01. The highest BCUT2D eigenvalue weighted by atomic mass is 32.2. The van der Waals surface area contributed by atoms with Gasteiger partial charge in [-0.15, -0.1) is 0 Å². The summed E-state index contributed by atoms with van der Waals surface area (Å²) in [6.45, 7) is 5.98. The summed E-state index contributed by atoms with van der Waals surface area (Å²) < 4.78 is 35.3. The topological polar surface area (TPSA) is 115 Å². The molecule has 4 rings (SSSR count). The number of carbonyl (C=O) groups excluding carboxylic acids is 1. The van der Waals surface area contributed by atoms with Gasteiger partial charge in [-0.1, -0.05) is 6.58 Å². The van der Waals surface area contributed by atoms with E-state index in [0.29, 0.717) is 49.0 Å². The molecule has 2 N–H and O–H groups in total. The molecule has 0 spiro atoms. The molecule has 0 unspecified atom stereocenters. The molecule has 34 heavy (non-hydrogen) atoms. The molecule has 1 saturated heterocycles. The van der Waals surface area contributed by atoms with Crippen molar-refractivity contribution in [2.45, 2.75) is 55.6 Å². The van der Waals surface area contributed by atoms with Crippen LogP contribution < -0.4 is 10.6 Å². The van der Waals surface area contributed by atoms with Crippen LogP contribution in [-0.4, -0.2) is 63.8 Å².